The summed E-state index contributed by atoms with van der Waals surface area (Å²) >= 11 is 6.76. The Morgan fingerprint density at radius 3 is 2.76 bits per heavy atom. The molecule has 0 spiro atoms. The Kier molecular flexibility index (Phi) is 7.87. The van der Waals surface area contributed by atoms with Crippen molar-refractivity contribution in [1.82, 2.24) is 20.3 Å². The number of halogens is 1. The zero-order valence-electron chi connectivity index (χ0n) is 24.2. The van der Waals surface area contributed by atoms with Gasteiger partial charge in [0.05, 0.1) is 17.4 Å². The number of fused-ring (bicyclic) bond motifs is 2. The minimum Gasteiger partial charge on any atom is -0.487 e. The molecule has 10 heteroatoms. The molecular formula is C32H37ClN4O5. The summed E-state index contributed by atoms with van der Waals surface area (Å²) in [5, 5.41) is 8.51. The fourth-order valence-corrected chi connectivity index (χ4v) is 7.40. The number of hydrogen-bond donors (Lipinski definition) is 1. The van der Waals surface area contributed by atoms with Crippen LogP contribution >= 0.6 is 11.6 Å². The molecule has 6 rings (SSSR count). The maximum absolute atomic E-state index is 14.5. The van der Waals surface area contributed by atoms with Crippen molar-refractivity contribution in [1.29, 1.82) is 0 Å². The molecule has 1 N–H and O–H groups in total. The molecule has 3 aromatic rings. The average molecular weight is 593 g/mol. The summed E-state index contributed by atoms with van der Waals surface area (Å²) in [5.41, 5.74) is 2.32. The van der Waals surface area contributed by atoms with E-state index in [9.17, 15) is 14.4 Å². The summed E-state index contributed by atoms with van der Waals surface area (Å²) in [6.07, 6.45) is 4.97. The van der Waals surface area contributed by atoms with E-state index in [0.717, 1.165) is 35.8 Å². The second kappa shape index (κ2) is 11.6. The molecule has 3 aliphatic rings. The second-order valence-corrected chi connectivity index (χ2v) is 12.3. The first-order valence-corrected chi connectivity index (χ1v) is 15.3. The Morgan fingerprint density at radius 1 is 1.14 bits per heavy atom. The lowest BCUT2D eigenvalue weighted by Gasteiger charge is -2.46. The monoisotopic (exact) mass is 592 g/mol. The van der Waals surface area contributed by atoms with Crippen LogP contribution in [0.15, 0.2) is 40.9 Å². The van der Waals surface area contributed by atoms with Crippen molar-refractivity contribution in [2.24, 2.45) is 11.3 Å². The average Bonchev–Trinajstić information content (AvgIpc) is 3.61. The highest BCUT2D eigenvalue weighted by molar-refractivity contribution is 6.31. The smallest absolute Gasteiger partial charge is 0.227 e. The third-order valence-electron chi connectivity index (χ3n) is 9.49. The molecule has 3 amide bonds. The molecule has 1 saturated carbocycles. The summed E-state index contributed by atoms with van der Waals surface area (Å²) < 4.78 is 11.9. The molecule has 1 unspecified atom stereocenters. The van der Waals surface area contributed by atoms with E-state index in [1.165, 1.54) is 0 Å². The number of hydrogen-bond acceptors (Lipinski definition) is 6. The number of benzene rings is 2. The van der Waals surface area contributed by atoms with Gasteiger partial charge in [-0.25, -0.2) is 0 Å². The summed E-state index contributed by atoms with van der Waals surface area (Å²) in [6.45, 7) is 3.54. The first-order valence-electron chi connectivity index (χ1n) is 14.9. The number of ether oxygens (including phenoxy) is 1. The van der Waals surface area contributed by atoms with E-state index in [4.69, 9.17) is 20.9 Å². The van der Waals surface area contributed by atoms with Crippen LogP contribution in [0.4, 0.5) is 0 Å². The molecule has 0 bridgehead atoms. The van der Waals surface area contributed by atoms with Crippen molar-refractivity contribution in [3.63, 3.8) is 0 Å². The molecule has 0 radical (unpaired) electrons. The van der Waals surface area contributed by atoms with Crippen LogP contribution in [0.3, 0.4) is 0 Å². The molecule has 2 aliphatic heterocycles. The lowest BCUT2D eigenvalue weighted by atomic mass is 9.66. The minimum atomic E-state index is -0.792. The standard InChI is InChI=1S/C32H37ClN4O5/c1-32(31(40)34-2)15-6-5-9-22(32)30(39)37-17-14-20-23(33)12-13-27(29(20)25(37)18-36-16-7-11-28(36)38)41-19-24-21-8-3-4-10-26(21)42-35-24/h3-4,8,10,12-13,22,25H,5-7,9,11,14-19H2,1-2H3,(H,34,40)/t22-,25?,32-/m0/s1. The Hall–Kier alpha value is -3.59. The summed E-state index contributed by atoms with van der Waals surface area (Å²) in [5.74, 6) is 0.0940. The third kappa shape index (κ3) is 5.02. The van der Waals surface area contributed by atoms with Crippen molar-refractivity contribution in [2.75, 3.05) is 26.7 Å². The van der Waals surface area contributed by atoms with Crippen LogP contribution in [0.5, 0.6) is 5.75 Å². The zero-order valence-corrected chi connectivity index (χ0v) is 24.9. The number of aromatic nitrogens is 1. The molecule has 222 valence electrons. The number of para-hydroxylation sites is 1. The van der Waals surface area contributed by atoms with Crippen LogP contribution in [0.25, 0.3) is 11.0 Å². The van der Waals surface area contributed by atoms with Gasteiger partial charge in [-0.2, -0.15) is 0 Å². The number of amides is 3. The van der Waals surface area contributed by atoms with Gasteiger partial charge in [0.15, 0.2) is 5.58 Å². The van der Waals surface area contributed by atoms with E-state index in [1.807, 2.05) is 53.1 Å². The van der Waals surface area contributed by atoms with Gasteiger partial charge in [0.2, 0.25) is 17.7 Å². The van der Waals surface area contributed by atoms with E-state index >= 15 is 0 Å². The predicted molar refractivity (Wildman–Crippen MR) is 158 cm³/mol. The van der Waals surface area contributed by atoms with Crippen molar-refractivity contribution in [2.45, 2.75) is 64.5 Å². The van der Waals surface area contributed by atoms with Crippen LogP contribution < -0.4 is 10.1 Å². The van der Waals surface area contributed by atoms with E-state index < -0.39 is 17.4 Å². The predicted octanol–water partition coefficient (Wildman–Crippen LogP) is 5.05. The van der Waals surface area contributed by atoms with E-state index in [1.54, 1.807) is 7.05 Å². The summed E-state index contributed by atoms with van der Waals surface area (Å²) in [7, 11) is 1.63. The van der Waals surface area contributed by atoms with Gasteiger partial charge < -0.3 is 24.4 Å². The van der Waals surface area contributed by atoms with Crippen molar-refractivity contribution < 1.29 is 23.6 Å². The molecule has 9 nitrogen and oxygen atoms in total. The topological polar surface area (TPSA) is 105 Å². The molecule has 3 atom stereocenters. The molecule has 1 saturated heterocycles. The number of carbonyl (C=O) groups is 3. The molecule has 1 aromatic heterocycles. The summed E-state index contributed by atoms with van der Waals surface area (Å²) in [4.78, 5) is 44.1. The van der Waals surface area contributed by atoms with Crippen LogP contribution in [0.1, 0.15) is 68.3 Å². The van der Waals surface area contributed by atoms with Gasteiger partial charge in [-0.3, -0.25) is 14.4 Å². The largest absolute Gasteiger partial charge is 0.487 e. The Labute approximate surface area is 250 Å². The fraction of sp³-hybridized carbons (Fsp3) is 0.500. The highest BCUT2D eigenvalue weighted by Crippen LogP contribution is 2.46. The van der Waals surface area contributed by atoms with E-state index in [-0.39, 0.29) is 24.3 Å². The van der Waals surface area contributed by atoms with Gasteiger partial charge in [0.25, 0.3) is 0 Å². The molecule has 3 heterocycles. The molecule has 2 aromatic carbocycles. The fourth-order valence-electron chi connectivity index (χ4n) is 7.14. The number of nitrogens with zero attached hydrogens (tertiary/aromatic N) is 3. The van der Waals surface area contributed by atoms with Crippen LogP contribution in [-0.2, 0) is 27.4 Å². The van der Waals surface area contributed by atoms with Crippen molar-refractivity contribution in [3.05, 3.63) is 58.2 Å². The highest BCUT2D eigenvalue weighted by Gasteiger charge is 2.49. The molecular weight excluding hydrogens is 556 g/mol. The van der Waals surface area contributed by atoms with Gasteiger partial charge in [-0.05, 0) is 62.4 Å². The van der Waals surface area contributed by atoms with Crippen LogP contribution in [0.2, 0.25) is 5.02 Å². The van der Waals surface area contributed by atoms with Crippen molar-refractivity contribution >= 4 is 40.3 Å². The second-order valence-electron chi connectivity index (χ2n) is 11.9. The number of likely N-dealkylation sites (tertiary alicyclic amines) is 1. The maximum atomic E-state index is 14.5. The van der Waals surface area contributed by atoms with Gasteiger partial charge in [0, 0.05) is 49.1 Å². The van der Waals surface area contributed by atoms with E-state index in [2.05, 4.69) is 10.5 Å². The maximum Gasteiger partial charge on any atom is 0.227 e. The Morgan fingerprint density at radius 2 is 1.98 bits per heavy atom. The number of rotatable bonds is 7. The Balaban J connectivity index is 1.38. The summed E-state index contributed by atoms with van der Waals surface area (Å²) in [6, 6.07) is 10.8. The first-order chi connectivity index (χ1) is 20.3. The van der Waals surface area contributed by atoms with Gasteiger partial charge >= 0.3 is 0 Å². The molecule has 2 fully saturated rings. The third-order valence-corrected chi connectivity index (χ3v) is 9.84. The van der Waals surface area contributed by atoms with Crippen LogP contribution in [-0.4, -0.2) is 59.4 Å². The van der Waals surface area contributed by atoms with Gasteiger partial charge in [-0.1, -0.05) is 41.7 Å². The molecule has 42 heavy (non-hydrogen) atoms. The van der Waals surface area contributed by atoms with Gasteiger partial charge in [-0.15, -0.1) is 0 Å². The lowest BCUT2D eigenvalue weighted by molar-refractivity contribution is -0.153. The lowest BCUT2D eigenvalue weighted by Crippen LogP contribution is -2.54. The first kappa shape index (κ1) is 28.5. The number of nitrogens with one attached hydrogen (secondary N) is 1. The zero-order chi connectivity index (χ0) is 29.4. The Bertz CT molecular complexity index is 1520. The van der Waals surface area contributed by atoms with E-state index in [0.29, 0.717) is 67.4 Å². The SMILES string of the molecule is CNC(=O)[C@@]1(C)CCCC[C@H]1C(=O)N1CCc2c(Cl)ccc(OCc3noc4ccccc34)c2C1CN1CCCC1=O. The minimum absolute atomic E-state index is 0.0449. The normalized spacial score (nSPS) is 24.1. The van der Waals surface area contributed by atoms with Gasteiger partial charge in [0.1, 0.15) is 18.1 Å². The number of carbonyl (C=O) groups excluding carboxylic acids is 3. The quantitative estimate of drug-likeness (QED) is 0.412. The highest BCUT2D eigenvalue weighted by atomic mass is 35.5. The van der Waals surface area contributed by atoms with Crippen molar-refractivity contribution in [3.8, 4) is 5.75 Å². The van der Waals surface area contributed by atoms with Crippen LogP contribution in [0, 0.1) is 11.3 Å². The molecule has 1 aliphatic carbocycles.